The topological polar surface area (TPSA) is 60.8 Å². The van der Waals surface area contributed by atoms with Gasteiger partial charge >= 0.3 is 5.97 Å². The minimum Gasteiger partial charge on any atom is -0.481 e. The summed E-state index contributed by atoms with van der Waals surface area (Å²) in [5.41, 5.74) is 0.909. The molecule has 1 fully saturated rings. The molecule has 0 amide bonds. The lowest BCUT2D eigenvalue weighted by atomic mass is 9.86. The number of rotatable bonds is 5. The van der Waals surface area contributed by atoms with E-state index in [4.69, 9.17) is 5.11 Å². The molecule has 98 valence electrons. The van der Waals surface area contributed by atoms with E-state index in [1.54, 1.807) is 6.92 Å². The summed E-state index contributed by atoms with van der Waals surface area (Å²) in [5, 5.41) is 18.9. The maximum atomic E-state index is 10.8. The number of benzene rings is 1. The highest BCUT2D eigenvalue weighted by atomic mass is 16.4. The zero-order valence-electron chi connectivity index (χ0n) is 10.5. The van der Waals surface area contributed by atoms with Crippen LogP contribution in [0.1, 0.15) is 18.6 Å². The second-order valence-corrected chi connectivity index (χ2v) is 5.03. The van der Waals surface area contributed by atoms with Crippen molar-refractivity contribution < 1.29 is 15.0 Å². The predicted octanol–water partition coefficient (Wildman–Crippen LogP) is 1.37. The quantitative estimate of drug-likeness (QED) is 0.827. The fourth-order valence-corrected chi connectivity index (χ4v) is 2.30. The molecule has 1 aromatic carbocycles. The van der Waals surface area contributed by atoms with Gasteiger partial charge in [0.1, 0.15) is 0 Å². The average Bonchev–Trinajstić information content (AvgIpc) is 2.33. The Morgan fingerprint density at radius 2 is 2.00 bits per heavy atom. The van der Waals surface area contributed by atoms with Crippen molar-refractivity contribution in [3.8, 4) is 0 Å². The summed E-state index contributed by atoms with van der Waals surface area (Å²) >= 11 is 0. The van der Waals surface area contributed by atoms with Crippen molar-refractivity contribution in [1.29, 1.82) is 0 Å². The van der Waals surface area contributed by atoms with E-state index >= 15 is 0 Å². The van der Waals surface area contributed by atoms with E-state index in [9.17, 15) is 9.90 Å². The van der Waals surface area contributed by atoms with E-state index < -0.39 is 12.1 Å². The van der Waals surface area contributed by atoms with E-state index in [0.29, 0.717) is 6.54 Å². The third kappa shape index (κ3) is 2.89. The highest BCUT2D eigenvalue weighted by Crippen LogP contribution is 2.26. The van der Waals surface area contributed by atoms with Gasteiger partial charge in [-0.05, 0) is 11.5 Å². The Kier molecular flexibility index (Phi) is 3.99. The molecule has 1 aliphatic rings. The van der Waals surface area contributed by atoms with Gasteiger partial charge in [-0.1, -0.05) is 37.3 Å². The van der Waals surface area contributed by atoms with Gasteiger partial charge in [0, 0.05) is 19.6 Å². The number of nitrogens with zero attached hydrogens (tertiary/aromatic N) is 1. The molecule has 18 heavy (non-hydrogen) atoms. The minimum absolute atomic E-state index is 0.213. The van der Waals surface area contributed by atoms with Gasteiger partial charge in [0.15, 0.2) is 0 Å². The van der Waals surface area contributed by atoms with E-state index in [0.717, 1.165) is 18.7 Å². The van der Waals surface area contributed by atoms with Crippen LogP contribution in [-0.2, 0) is 4.79 Å². The molecule has 0 aromatic heterocycles. The van der Waals surface area contributed by atoms with Crippen LogP contribution in [0.2, 0.25) is 0 Å². The third-order valence-corrected chi connectivity index (χ3v) is 3.70. The Bertz CT molecular complexity index is 401. The van der Waals surface area contributed by atoms with Crippen LogP contribution in [0.3, 0.4) is 0 Å². The van der Waals surface area contributed by atoms with Crippen LogP contribution >= 0.6 is 0 Å². The highest BCUT2D eigenvalue weighted by molar-refractivity contribution is 5.70. The maximum absolute atomic E-state index is 10.8. The standard InChI is InChI=1S/C14H19NO3/c1-10(14(17)18)12-7-15(8-12)9-13(16)11-5-3-2-4-6-11/h2-6,10,12-13,16H,7-9H2,1H3,(H,17,18). The lowest BCUT2D eigenvalue weighted by Crippen LogP contribution is -2.52. The molecule has 1 aliphatic heterocycles. The first kappa shape index (κ1) is 13.1. The Hall–Kier alpha value is -1.39. The molecule has 1 saturated heterocycles. The fraction of sp³-hybridized carbons (Fsp3) is 0.500. The lowest BCUT2D eigenvalue weighted by Gasteiger charge is -2.42. The van der Waals surface area contributed by atoms with Crippen LogP contribution in [0, 0.1) is 11.8 Å². The third-order valence-electron chi connectivity index (χ3n) is 3.70. The van der Waals surface area contributed by atoms with E-state index in [-0.39, 0.29) is 11.8 Å². The molecule has 0 aliphatic carbocycles. The first-order valence-corrected chi connectivity index (χ1v) is 6.26. The number of aliphatic carboxylic acids is 1. The van der Waals surface area contributed by atoms with Crippen molar-refractivity contribution >= 4 is 5.97 Å². The van der Waals surface area contributed by atoms with Crippen LogP contribution in [0.4, 0.5) is 0 Å². The van der Waals surface area contributed by atoms with Gasteiger partial charge in [0.05, 0.1) is 12.0 Å². The zero-order chi connectivity index (χ0) is 13.1. The van der Waals surface area contributed by atoms with Gasteiger partial charge in [-0.3, -0.25) is 9.69 Å². The zero-order valence-corrected chi connectivity index (χ0v) is 10.5. The number of hydrogen-bond donors (Lipinski definition) is 2. The van der Waals surface area contributed by atoms with E-state index in [2.05, 4.69) is 4.90 Å². The largest absolute Gasteiger partial charge is 0.481 e. The molecule has 2 unspecified atom stereocenters. The lowest BCUT2D eigenvalue weighted by molar-refractivity contribution is -0.145. The number of aliphatic hydroxyl groups excluding tert-OH is 1. The summed E-state index contributed by atoms with van der Waals surface area (Å²) in [6, 6.07) is 9.54. The van der Waals surface area contributed by atoms with Crippen LogP contribution in [-0.4, -0.2) is 40.7 Å². The van der Waals surface area contributed by atoms with Gasteiger partial charge in [-0.25, -0.2) is 0 Å². The van der Waals surface area contributed by atoms with Crippen molar-refractivity contribution in [3.63, 3.8) is 0 Å². The Morgan fingerprint density at radius 3 is 2.56 bits per heavy atom. The maximum Gasteiger partial charge on any atom is 0.306 e. The predicted molar refractivity (Wildman–Crippen MR) is 68.1 cm³/mol. The van der Waals surface area contributed by atoms with Crippen LogP contribution in [0.25, 0.3) is 0 Å². The molecular weight excluding hydrogens is 230 g/mol. The summed E-state index contributed by atoms with van der Waals surface area (Å²) in [6.45, 7) is 3.85. The monoisotopic (exact) mass is 249 g/mol. The first-order valence-electron chi connectivity index (χ1n) is 6.26. The number of carboxylic acids is 1. The van der Waals surface area contributed by atoms with Gasteiger partial charge in [-0.15, -0.1) is 0 Å². The molecule has 0 saturated carbocycles. The Balaban J connectivity index is 1.79. The molecule has 4 heteroatoms. The molecule has 1 heterocycles. The molecule has 1 aromatic rings. The average molecular weight is 249 g/mol. The van der Waals surface area contributed by atoms with E-state index in [1.165, 1.54) is 0 Å². The normalized spacial score (nSPS) is 20.1. The van der Waals surface area contributed by atoms with Crippen molar-refractivity contribution in [2.24, 2.45) is 11.8 Å². The first-order chi connectivity index (χ1) is 8.58. The summed E-state index contributed by atoms with van der Waals surface area (Å²) < 4.78 is 0. The van der Waals surface area contributed by atoms with Crippen LogP contribution < -0.4 is 0 Å². The number of carboxylic acid groups (broad SMARTS) is 1. The molecule has 2 N–H and O–H groups in total. The SMILES string of the molecule is CC(C(=O)O)C1CN(CC(O)c2ccccc2)C1. The molecule has 0 bridgehead atoms. The second kappa shape index (κ2) is 5.50. The van der Waals surface area contributed by atoms with Crippen LogP contribution in [0.5, 0.6) is 0 Å². The number of hydrogen-bond acceptors (Lipinski definition) is 3. The number of carbonyl (C=O) groups is 1. The fourth-order valence-electron chi connectivity index (χ4n) is 2.30. The molecule has 0 spiro atoms. The molecule has 2 atom stereocenters. The van der Waals surface area contributed by atoms with Crippen molar-refractivity contribution in [1.82, 2.24) is 4.90 Å². The number of aliphatic hydroxyl groups is 1. The van der Waals surface area contributed by atoms with Crippen molar-refractivity contribution in [2.45, 2.75) is 13.0 Å². The van der Waals surface area contributed by atoms with E-state index in [1.807, 2.05) is 30.3 Å². The van der Waals surface area contributed by atoms with Crippen LogP contribution in [0.15, 0.2) is 30.3 Å². The highest BCUT2D eigenvalue weighted by Gasteiger charge is 2.35. The smallest absolute Gasteiger partial charge is 0.306 e. The Morgan fingerprint density at radius 1 is 1.39 bits per heavy atom. The Labute approximate surface area is 107 Å². The van der Waals surface area contributed by atoms with Gasteiger partial charge in [-0.2, -0.15) is 0 Å². The van der Waals surface area contributed by atoms with Crippen molar-refractivity contribution in [3.05, 3.63) is 35.9 Å². The second-order valence-electron chi connectivity index (χ2n) is 5.03. The molecule has 2 rings (SSSR count). The van der Waals surface area contributed by atoms with Gasteiger partial charge in [0.2, 0.25) is 0 Å². The minimum atomic E-state index is -0.733. The van der Waals surface area contributed by atoms with Gasteiger partial charge in [0.25, 0.3) is 0 Å². The number of β-amino-alcohol motifs (C(OH)–C–C–N with tert-alkyl or cyclic N) is 1. The summed E-state index contributed by atoms with van der Waals surface area (Å²) in [4.78, 5) is 12.9. The van der Waals surface area contributed by atoms with Crippen molar-refractivity contribution in [2.75, 3.05) is 19.6 Å². The molecular formula is C14H19NO3. The van der Waals surface area contributed by atoms with Gasteiger partial charge < -0.3 is 10.2 Å². The summed E-state index contributed by atoms with van der Waals surface area (Å²) in [6.07, 6.45) is -0.493. The summed E-state index contributed by atoms with van der Waals surface area (Å²) in [7, 11) is 0. The number of likely N-dealkylation sites (tertiary alicyclic amines) is 1. The molecule has 0 radical (unpaired) electrons. The molecule has 4 nitrogen and oxygen atoms in total. The summed E-state index contributed by atoms with van der Waals surface area (Å²) in [5.74, 6) is -0.816.